The van der Waals surface area contributed by atoms with E-state index in [1.807, 2.05) is 51.1 Å². The fourth-order valence-electron chi connectivity index (χ4n) is 5.06. The number of nitrogens with one attached hydrogen (secondary N) is 1. The Morgan fingerprint density at radius 2 is 1.67 bits per heavy atom. The van der Waals surface area contributed by atoms with Crippen LogP contribution in [0.2, 0.25) is 0 Å². The summed E-state index contributed by atoms with van der Waals surface area (Å²) in [6, 6.07) is 17.7. The molecule has 5 aromatic rings. The average molecular weight is 566 g/mol. The molecule has 0 aliphatic carbocycles. The molecular formula is C31H35N9O2. The zero-order valence-corrected chi connectivity index (χ0v) is 24.3. The molecule has 0 radical (unpaired) electrons. The lowest BCUT2D eigenvalue weighted by Gasteiger charge is -2.34. The smallest absolute Gasteiger partial charge is 0.230 e. The molecule has 0 saturated carbocycles. The number of piperazine rings is 1. The van der Waals surface area contributed by atoms with Crippen LogP contribution in [0.15, 0.2) is 65.4 Å². The zero-order valence-electron chi connectivity index (χ0n) is 24.3. The minimum atomic E-state index is -0.177. The number of hydrogen-bond donors (Lipinski definition) is 2. The van der Waals surface area contributed by atoms with Crippen LogP contribution >= 0.6 is 0 Å². The van der Waals surface area contributed by atoms with E-state index in [-0.39, 0.29) is 17.7 Å². The Morgan fingerprint density at radius 1 is 0.976 bits per heavy atom. The molecule has 11 nitrogen and oxygen atoms in total. The Balaban J connectivity index is 1.22. The second-order valence-electron chi connectivity index (χ2n) is 11.8. The van der Waals surface area contributed by atoms with Gasteiger partial charge in [-0.25, -0.2) is 14.6 Å². The first kappa shape index (κ1) is 27.4. The van der Waals surface area contributed by atoms with Crippen molar-refractivity contribution in [3.8, 4) is 16.9 Å². The molecule has 42 heavy (non-hydrogen) atoms. The van der Waals surface area contributed by atoms with E-state index >= 15 is 0 Å². The molecule has 6 rings (SSSR count). The number of carbonyl (C=O) groups excluding carboxylic acids is 1. The molecule has 216 valence electrons. The Labute approximate surface area is 244 Å². The predicted molar refractivity (Wildman–Crippen MR) is 164 cm³/mol. The van der Waals surface area contributed by atoms with Crippen LogP contribution in [-0.2, 0) is 16.6 Å². The van der Waals surface area contributed by atoms with Crippen LogP contribution in [0.25, 0.3) is 28.0 Å². The van der Waals surface area contributed by atoms with E-state index < -0.39 is 0 Å². The molecule has 2 aromatic carbocycles. The molecule has 3 N–H and O–H groups in total. The number of aromatic nitrogens is 5. The van der Waals surface area contributed by atoms with Gasteiger partial charge in [-0.2, -0.15) is 5.10 Å². The van der Waals surface area contributed by atoms with Crippen LogP contribution < -0.4 is 16.0 Å². The maximum atomic E-state index is 12.7. The van der Waals surface area contributed by atoms with E-state index in [4.69, 9.17) is 15.4 Å². The molecule has 1 fully saturated rings. The van der Waals surface area contributed by atoms with Gasteiger partial charge in [-0.15, -0.1) is 0 Å². The number of amides is 1. The maximum Gasteiger partial charge on any atom is 0.230 e. The first-order valence-corrected chi connectivity index (χ1v) is 14.1. The Kier molecular flexibility index (Phi) is 7.11. The first-order chi connectivity index (χ1) is 20.2. The summed E-state index contributed by atoms with van der Waals surface area (Å²) in [4.78, 5) is 26.1. The van der Waals surface area contributed by atoms with Gasteiger partial charge in [0, 0.05) is 54.6 Å². The van der Waals surface area contributed by atoms with E-state index in [0.29, 0.717) is 33.9 Å². The van der Waals surface area contributed by atoms with Crippen LogP contribution in [0.5, 0.6) is 0 Å². The summed E-state index contributed by atoms with van der Waals surface area (Å²) in [5.41, 5.74) is 11.7. The summed E-state index contributed by atoms with van der Waals surface area (Å²) < 4.78 is 7.15. The number of anilines is 3. The number of fused-ring (bicyclic) bond motifs is 1. The van der Waals surface area contributed by atoms with Crippen LogP contribution in [0.3, 0.4) is 0 Å². The number of hydrogen-bond acceptors (Lipinski definition) is 9. The second kappa shape index (κ2) is 10.9. The molecule has 1 aliphatic rings. The predicted octanol–water partition coefficient (Wildman–Crippen LogP) is 4.28. The SMILES string of the molecule is CN1CCN(c2ccc(-c3nn(-c4ccc(NC(=O)Cc5cc(C(C)(C)C)on5)cc4)c4ncnc(N)c34)cc2)CC1. The monoisotopic (exact) mass is 565 g/mol. The fourth-order valence-corrected chi connectivity index (χ4v) is 5.06. The van der Waals surface area contributed by atoms with E-state index in [0.717, 1.165) is 43.2 Å². The van der Waals surface area contributed by atoms with Crippen molar-refractivity contribution in [1.29, 1.82) is 0 Å². The van der Waals surface area contributed by atoms with Gasteiger partial charge in [0.1, 0.15) is 23.6 Å². The standard InChI is InChI=1S/C31H35N9O2/c1-31(2,3)25-17-22(37-42-25)18-26(41)35-21-7-11-24(12-8-21)40-30-27(29(32)33-19-34-30)28(36-40)20-5-9-23(10-6-20)39-15-13-38(4)14-16-39/h5-12,17,19H,13-16,18H2,1-4H3,(H,35,41)(H2,32,33,34). The van der Waals surface area contributed by atoms with Crippen molar-refractivity contribution in [2.75, 3.05) is 49.2 Å². The molecule has 11 heteroatoms. The largest absolute Gasteiger partial charge is 0.383 e. The Bertz CT molecular complexity index is 1710. The van der Waals surface area contributed by atoms with E-state index in [1.54, 1.807) is 4.68 Å². The van der Waals surface area contributed by atoms with E-state index in [9.17, 15) is 4.79 Å². The number of nitrogens with zero attached hydrogens (tertiary/aromatic N) is 7. The van der Waals surface area contributed by atoms with Crippen molar-refractivity contribution in [1.82, 2.24) is 29.8 Å². The fraction of sp³-hybridized carbons (Fsp3) is 0.323. The van der Waals surface area contributed by atoms with Crippen molar-refractivity contribution in [2.45, 2.75) is 32.6 Å². The van der Waals surface area contributed by atoms with Gasteiger partial charge in [0.25, 0.3) is 0 Å². The van der Waals surface area contributed by atoms with Crippen molar-refractivity contribution in [3.63, 3.8) is 0 Å². The van der Waals surface area contributed by atoms with Gasteiger partial charge < -0.3 is 25.4 Å². The zero-order chi connectivity index (χ0) is 29.4. The highest BCUT2D eigenvalue weighted by molar-refractivity contribution is 5.99. The second-order valence-corrected chi connectivity index (χ2v) is 11.8. The summed E-state index contributed by atoms with van der Waals surface area (Å²) in [7, 11) is 2.15. The molecule has 0 unspecified atom stereocenters. The summed E-state index contributed by atoms with van der Waals surface area (Å²) in [5.74, 6) is 0.940. The first-order valence-electron chi connectivity index (χ1n) is 14.1. The summed E-state index contributed by atoms with van der Waals surface area (Å²) >= 11 is 0. The van der Waals surface area contributed by atoms with Crippen molar-refractivity contribution >= 4 is 34.1 Å². The molecular weight excluding hydrogens is 530 g/mol. The van der Waals surface area contributed by atoms with Crippen LogP contribution in [0, 0.1) is 0 Å². The molecule has 1 aliphatic heterocycles. The molecule has 0 spiro atoms. The van der Waals surface area contributed by atoms with Gasteiger partial charge in [-0.3, -0.25) is 4.79 Å². The third-order valence-corrected chi connectivity index (χ3v) is 7.54. The average Bonchev–Trinajstić information content (AvgIpc) is 3.60. The summed E-state index contributed by atoms with van der Waals surface area (Å²) in [6.07, 6.45) is 1.57. The summed E-state index contributed by atoms with van der Waals surface area (Å²) in [5, 5.41) is 12.6. The molecule has 0 atom stereocenters. The number of nitrogens with two attached hydrogens (primary N) is 1. The number of carbonyl (C=O) groups is 1. The van der Waals surface area contributed by atoms with Crippen LogP contribution in [-0.4, -0.2) is 68.9 Å². The lowest BCUT2D eigenvalue weighted by atomic mass is 9.93. The normalized spacial score (nSPS) is 14.4. The molecule has 0 bridgehead atoms. The van der Waals surface area contributed by atoms with Gasteiger partial charge >= 0.3 is 0 Å². The highest BCUT2D eigenvalue weighted by Gasteiger charge is 2.21. The molecule has 1 saturated heterocycles. The number of benzene rings is 2. The lowest BCUT2D eigenvalue weighted by molar-refractivity contribution is -0.115. The van der Waals surface area contributed by atoms with E-state index in [2.05, 4.69) is 61.6 Å². The number of rotatable bonds is 6. The molecule has 1 amide bonds. The minimum Gasteiger partial charge on any atom is -0.383 e. The van der Waals surface area contributed by atoms with Crippen molar-refractivity contribution in [3.05, 3.63) is 72.4 Å². The van der Waals surface area contributed by atoms with Gasteiger partial charge in [-0.1, -0.05) is 38.1 Å². The van der Waals surface area contributed by atoms with Crippen molar-refractivity contribution in [2.24, 2.45) is 0 Å². The van der Waals surface area contributed by atoms with E-state index in [1.165, 1.54) is 12.0 Å². The molecule has 4 heterocycles. The lowest BCUT2D eigenvalue weighted by Crippen LogP contribution is -2.44. The van der Waals surface area contributed by atoms with Crippen molar-refractivity contribution < 1.29 is 9.32 Å². The third kappa shape index (κ3) is 5.55. The minimum absolute atomic E-state index is 0.123. The highest BCUT2D eigenvalue weighted by Crippen LogP contribution is 2.33. The van der Waals surface area contributed by atoms with Gasteiger partial charge in [-0.05, 0) is 43.4 Å². The molecule has 3 aromatic heterocycles. The quantitative estimate of drug-likeness (QED) is 0.310. The third-order valence-electron chi connectivity index (χ3n) is 7.54. The van der Waals surface area contributed by atoms with Gasteiger partial charge in [0.2, 0.25) is 5.91 Å². The summed E-state index contributed by atoms with van der Waals surface area (Å²) in [6.45, 7) is 10.2. The van der Waals surface area contributed by atoms with Gasteiger partial charge in [0.15, 0.2) is 5.65 Å². The highest BCUT2D eigenvalue weighted by atomic mass is 16.5. The number of likely N-dealkylation sites (N-methyl/N-ethyl adjacent to an activating group) is 1. The Hall–Kier alpha value is -4.77. The van der Waals surface area contributed by atoms with Crippen LogP contribution in [0.4, 0.5) is 17.2 Å². The van der Waals surface area contributed by atoms with Gasteiger partial charge in [0.05, 0.1) is 23.2 Å². The Morgan fingerprint density at radius 3 is 2.33 bits per heavy atom. The topological polar surface area (TPSA) is 131 Å². The maximum absolute atomic E-state index is 12.7. The van der Waals surface area contributed by atoms with Crippen LogP contribution in [0.1, 0.15) is 32.2 Å². The number of nitrogen functional groups attached to an aromatic ring is 1.